The molecular weight excluding hydrogens is 346 g/mol. The summed E-state index contributed by atoms with van der Waals surface area (Å²) in [5.41, 5.74) is 4.77. The van der Waals surface area contributed by atoms with Gasteiger partial charge in [0, 0.05) is 24.9 Å². The molecule has 2 N–H and O–H groups in total. The number of benzene rings is 2. The van der Waals surface area contributed by atoms with Crippen LogP contribution in [0.5, 0.6) is 5.75 Å². The molecule has 7 heteroatoms. The summed E-state index contributed by atoms with van der Waals surface area (Å²) in [7, 11) is 0. The van der Waals surface area contributed by atoms with Crippen LogP contribution in [0.1, 0.15) is 31.2 Å². The molecule has 0 radical (unpaired) electrons. The van der Waals surface area contributed by atoms with Crippen molar-refractivity contribution in [3.05, 3.63) is 60.2 Å². The van der Waals surface area contributed by atoms with Gasteiger partial charge in [-0.1, -0.05) is 30.3 Å². The van der Waals surface area contributed by atoms with E-state index in [0.29, 0.717) is 24.3 Å². The number of ether oxygens (including phenoxy) is 1. The quantitative estimate of drug-likeness (QED) is 0.607. The second-order valence-corrected chi connectivity index (χ2v) is 6.01. The molecule has 2 aromatic carbocycles. The fourth-order valence-electron chi connectivity index (χ4n) is 2.54. The molecule has 27 heavy (non-hydrogen) atoms. The van der Waals surface area contributed by atoms with Gasteiger partial charge in [0.25, 0.3) is 0 Å². The summed E-state index contributed by atoms with van der Waals surface area (Å²) in [4.78, 5) is 34.9. The predicted molar refractivity (Wildman–Crippen MR) is 100 cm³/mol. The van der Waals surface area contributed by atoms with Crippen LogP contribution in [0, 0.1) is 0 Å². The molecule has 2 aromatic rings. The fourth-order valence-corrected chi connectivity index (χ4v) is 2.54. The van der Waals surface area contributed by atoms with Gasteiger partial charge in [0.15, 0.2) is 0 Å². The zero-order valence-electron chi connectivity index (χ0n) is 14.6. The number of hydrazone groups is 1. The maximum atomic E-state index is 12.0. The number of carbonyl (C=O) groups is 3. The van der Waals surface area contributed by atoms with E-state index in [1.165, 1.54) is 0 Å². The number of para-hydroxylation sites is 1. The Morgan fingerprint density at radius 1 is 1.00 bits per heavy atom. The molecule has 1 aliphatic rings. The third kappa shape index (κ3) is 5.50. The standard InChI is InChI=1S/C20H19N3O4/c24-18(12-13-20(26)27-16-4-2-1-3-5-16)21-15-8-6-14(7-9-15)17-10-11-19(25)23-22-17/h1-9H,10-13H2,(H,21,24)(H,23,25). The van der Waals surface area contributed by atoms with Gasteiger partial charge in [-0.25, -0.2) is 5.43 Å². The average molecular weight is 365 g/mol. The molecule has 0 atom stereocenters. The Balaban J connectivity index is 1.46. The summed E-state index contributed by atoms with van der Waals surface area (Å²) in [5, 5.41) is 6.77. The van der Waals surface area contributed by atoms with E-state index in [1.54, 1.807) is 36.4 Å². The number of rotatable bonds is 6. The van der Waals surface area contributed by atoms with Crippen molar-refractivity contribution >= 4 is 29.2 Å². The molecule has 3 rings (SSSR count). The van der Waals surface area contributed by atoms with Crippen LogP contribution in [0.25, 0.3) is 0 Å². The summed E-state index contributed by atoms with van der Waals surface area (Å²) in [5.74, 6) is -0.354. The molecule has 0 spiro atoms. The molecule has 0 aliphatic carbocycles. The van der Waals surface area contributed by atoms with Gasteiger partial charge >= 0.3 is 5.97 Å². The highest BCUT2D eigenvalue weighted by Gasteiger charge is 2.13. The minimum atomic E-state index is -0.455. The molecule has 0 aromatic heterocycles. The Morgan fingerprint density at radius 2 is 1.74 bits per heavy atom. The van der Waals surface area contributed by atoms with Crippen molar-refractivity contribution in [2.45, 2.75) is 25.7 Å². The first-order chi connectivity index (χ1) is 13.1. The van der Waals surface area contributed by atoms with Gasteiger partial charge in [-0.05, 0) is 29.8 Å². The van der Waals surface area contributed by atoms with E-state index in [-0.39, 0.29) is 24.7 Å². The van der Waals surface area contributed by atoms with Crippen LogP contribution in [0.15, 0.2) is 59.7 Å². The average Bonchev–Trinajstić information content (AvgIpc) is 2.68. The molecule has 0 bridgehead atoms. The maximum absolute atomic E-state index is 12.0. The topological polar surface area (TPSA) is 96.9 Å². The number of hydrogen-bond donors (Lipinski definition) is 2. The van der Waals surface area contributed by atoms with Crippen molar-refractivity contribution < 1.29 is 19.1 Å². The van der Waals surface area contributed by atoms with Crippen LogP contribution < -0.4 is 15.5 Å². The molecule has 0 unspecified atom stereocenters. The van der Waals surface area contributed by atoms with Crippen LogP contribution in [0.3, 0.4) is 0 Å². The Bertz CT molecular complexity index is 861. The van der Waals surface area contributed by atoms with Gasteiger partial charge in [-0.3, -0.25) is 14.4 Å². The number of nitrogens with one attached hydrogen (secondary N) is 2. The van der Waals surface area contributed by atoms with Gasteiger partial charge in [-0.15, -0.1) is 0 Å². The second-order valence-electron chi connectivity index (χ2n) is 6.01. The lowest BCUT2D eigenvalue weighted by Gasteiger charge is -2.12. The third-order valence-corrected chi connectivity index (χ3v) is 3.94. The van der Waals surface area contributed by atoms with Crippen molar-refractivity contribution in [3.8, 4) is 5.75 Å². The lowest BCUT2D eigenvalue weighted by Crippen LogP contribution is -2.25. The number of anilines is 1. The fraction of sp³-hybridized carbons (Fsp3) is 0.200. The lowest BCUT2D eigenvalue weighted by atomic mass is 10.0. The summed E-state index contributed by atoms with van der Waals surface area (Å²) in [6.07, 6.45) is 1.03. The Labute approximate surface area is 156 Å². The van der Waals surface area contributed by atoms with Gasteiger partial charge in [-0.2, -0.15) is 5.10 Å². The summed E-state index contributed by atoms with van der Waals surface area (Å²) in [6, 6.07) is 15.9. The Morgan fingerprint density at radius 3 is 2.41 bits per heavy atom. The molecule has 2 amide bonds. The first kappa shape index (κ1) is 18.3. The first-order valence-corrected chi connectivity index (χ1v) is 8.61. The van der Waals surface area contributed by atoms with Gasteiger partial charge < -0.3 is 10.1 Å². The molecule has 1 aliphatic heterocycles. The van der Waals surface area contributed by atoms with Crippen molar-refractivity contribution in [2.75, 3.05) is 5.32 Å². The smallest absolute Gasteiger partial charge is 0.311 e. The molecule has 0 saturated carbocycles. The van der Waals surface area contributed by atoms with Gasteiger partial charge in [0.2, 0.25) is 11.8 Å². The normalized spacial score (nSPS) is 13.3. The second kappa shape index (κ2) is 8.75. The number of esters is 1. The number of nitrogens with zero attached hydrogens (tertiary/aromatic N) is 1. The van der Waals surface area contributed by atoms with E-state index in [0.717, 1.165) is 11.3 Å². The van der Waals surface area contributed by atoms with E-state index in [9.17, 15) is 14.4 Å². The van der Waals surface area contributed by atoms with E-state index in [1.807, 2.05) is 18.2 Å². The van der Waals surface area contributed by atoms with Crippen LogP contribution in [-0.2, 0) is 14.4 Å². The third-order valence-electron chi connectivity index (χ3n) is 3.94. The largest absolute Gasteiger partial charge is 0.427 e. The summed E-state index contributed by atoms with van der Waals surface area (Å²) in [6.45, 7) is 0. The summed E-state index contributed by atoms with van der Waals surface area (Å²) >= 11 is 0. The molecule has 0 saturated heterocycles. The minimum Gasteiger partial charge on any atom is -0.427 e. The molecule has 138 valence electrons. The zero-order valence-corrected chi connectivity index (χ0v) is 14.6. The number of amides is 2. The maximum Gasteiger partial charge on any atom is 0.311 e. The van der Waals surface area contributed by atoms with Gasteiger partial charge in [0.1, 0.15) is 5.75 Å². The van der Waals surface area contributed by atoms with Crippen LogP contribution in [-0.4, -0.2) is 23.5 Å². The minimum absolute atomic E-state index is 0.00465. The van der Waals surface area contributed by atoms with Gasteiger partial charge in [0.05, 0.1) is 12.1 Å². The van der Waals surface area contributed by atoms with E-state index >= 15 is 0 Å². The first-order valence-electron chi connectivity index (χ1n) is 8.61. The monoisotopic (exact) mass is 365 g/mol. The molecular formula is C20H19N3O4. The zero-order chi connectivity index (χ0) is 19.1. The molecule has 0 fully saturated rings. The highest BCUT2D eigenvalue weighted by Crippen LogP contribution is 2.15. The number of hydrogen-bond acceptors (Lipinski definition) is 5. The Kier molecular flexibility index (Phi) is 5.94. The van der Waals surface area contributed by atoms with Crippen molar-refractivity contribution in [1.29, 1.82) is 0 Å². The van der Waals surface area contributed by atoms with Crippen LogP contribution in [0.2, 0.25) is 0 Å². The highest BCUT2D eigenvalue weighted by molar-refractivity contribution is 6.04. The predicted octanol–water partition coefficient (Wildman–Crippen LogP) is 2.62. The molecule has 7 nitrogen and oxygen atoms in total. The SMILES string of the molecule is O=C1CCC(c2ccc(NC(=O)CCC(=O)Oc3ccccc3)cc2)=NN1. The van der Waals surface area contributed by atoms with Crippen molar-refractivity contribution in [3.63, 3.8) is 0 Å². The Hall–Kier alpha value is -3.48. The summed E-state index contributed by atoms with van der Waals surface area (Å²) < 4.78 is 5.14. The highest BCUT2D eigenvalue weighted by atomic mass is 16.5. The van der Waals surface area contributed by atoms with Crippen molar-refractivity contribution in [2.24, 2.45) is 5.10 Å². The van der Waals surface area contributed by atoms with Crippen LogP contribution in [0.4, 0.5) is 5.69 Å². The van der Waals surface area contributed by atoms with Crippen LogP contribution >= 0.6 is 0 Å². The van der Waals surface area contributed by atoms with E-state index in [2.05, 4.69) is 15.8 Å². The van der Waals surface area contributed by atoms with Crippen molar-refractivity contribution in [1.82, 2.24) is 5.43 Å². The lowest BCUT2D eigenvalue weighted by molar-refractivity contribution is -0.135. The molecule has 1 heterocycles. The number of carbonyl (C=O) groups excluding carboxylic acids is 3. The van der Waals surface area contributed by atoms with E-state index < -0.39 is 5.97 Å². The van der Waals surface area contributed by atoms with E-state index in [4.69, 9.17) is 4.74 Å².